The van der Waals surface area contributed by atoms with E-state index in [1.807, 2.05) is 60.6 Å². The summed E-state index contributed by atoms with van der Waals surface area (Å²) >= 11 is 1.45. The summed E-state index contributed by atoms with van der Waals surface area (Å²) in [4.78, 5) is 15.1. The molecule has 3 rings (SSSR count). The molecule has 1 heterocycles. The number of hydrogen-bond donors (Lipinski definition) is 0. The highest BCUT2D eigenvalue weighted by atomic mass is 32.2. The number of amides is 1. The third-order valence-corrected chi connectivity index (χ3v) is 5.90. The predicted octanol–water partition coefficient (Wildman–Crippen LogP) is 4.59. The number of likely N-dealkylation sites (N-methyl/N-ethyl adjacent to an activating group) is 1. The average Bonchev–Trinajstić information content (AvgIpc) is 3.08. The molecule has 1 aromatic heterocycles. The molecule has 0 spiro atoms. The lowest BCUT2D eigenvalue weighted by molar-refractivity contribution is -0.130. The molecule has 0 radical (unpaired) electrons. The summed E-state index contributed by atoms with van der Waals surface area (Å²) in [6.07, 6.45) is 0. The topological polar surface area (TPSA) is 51.0 Å². The zero-order valence-electron chi connectivity index (χ0n) is 16.8. The SMILES string of the molecule is CCN(CC)C(=O)C(Sc1nnc(C)n1-c1ccc(C)cc1)c1ccccc1. The number of hydrogen-bond acceptors (Lipinski definition) is 4. The average molecular weight is 395 g/mol. The Labute approximate surface area is 170 Å². The largest absolute Gasteiger partial charge is 0.342 e. The van der Waals surface area contributed by atoms with Gasteiger partial charge in [0.1, 0.15) is 11.1 Å². The van der Waals surface area contributed by atoms with Gasteiger partial charge in [0.05, 0.1) is 0 Å². The van der Waals surface area contributed by atoms with Crippen molar-refractivity contribution in [3.05, 3.63) is 71.5 Å². The first-order valence-corrected chi connectivity index (χ1v) is 10.4. The molecule has 0 aliphatic rings. The van der Waals surface area contributed by atoms with E-state index in [9.17, 15) is 4.79 Å². The van der Waals surface area contributed by atoms with Gasteiger partial charge in [-0.1, -0.05) is 59.8 Å². The standard InChI is InChI=1S/C22H26N4OS/c1-5-25(6-2)21(27)20(18-10-8-7-9-11-18)28-22-24-23-17(4)26(22)19-14-12-16(3)13-15-19/h7-15,20H,5-6H2,1-4H3. The van der Waals surface area contributed by atoms with Gasteiger partial charge in [-0.2, -0.15) is 0 Å². The van der Waals surface area contributed by atoms with Crippen LogP contribution in [0, 0.1) is 13.8 Å². The first-order chi connectivity index (χ1) is 13.5. The van der Waals surface area contributed by atoms with E-state index in [1.165, 1.54) is 17.3 Å². The van der Waals surface area contributed by atoms with Crippen LogP contribution in [0.5, 0.6) is 0 Å². The third-order valence-electron chi connectivity index (χ3n) is 4.71. The maximum absolute atomic E-state index is 13.3. The molecule has 0 bridgehead atoms. The van der Waals surface area contributed by atoms with Crippen molar-refractivity contribution in [2.45, 2.75) is 38.1 Å². The molecule has 28 heavy (non-hydrogen) atoms. The van der Waals surface area contributed by atoms with Crippen LogP contribution >= 0.6 is 11.8 Å². The molecular formula is C22H26N4OS. The van der Waals surface area contributed by atoms with E-state index < -0.39 is 0 Å². The zero-order valence-corrected chi connectivity index (χ0v) is 17.6. The van der Waals surface area contributed by atoms with Crippen LogP contribution in [-0.4, -0.2) is 38.7 Å². The van der Waals surface area contributed by atoms with Crippen molar-refractivity contribution in [1.29, 1.82) is 0 Å². The second kappa shape index (κ2) is 9.06. The van der Waals surface area contributed by atoms with Crippen molar-refractivity contribution >= 4 is 17.7 Å². The second-order valence-electron chi connectivity index (χ2n) is 6.62. The fourth-order valence-corrected chi connectivity index (χ4v) is 4.29. The summed E-state index contributed by atoms with van der Waals surface area (Å²) in [7, 11) is 0. The minimum atomic E-state index is -0.367. The normalized spacial score (nSPS) is 12.0. The molecule has 2 aromatic carbocycles. The van der Waals surface area contributed by atoms with Gasteiger partial charge in [0.25, 0.3) is 0 Å². The lowest BCUT2D eigenvalue weighted by atomic mass is 10.1. The van der Waals surface area contributed by atoms with Gasteiger partial charge in [-0.05, 0) is 45.4 Å². The second-order valence-corrected chi connectivity index (χ2v) is 7.69. The molecule has 1 unspecified atom stereocenters. The Balaban J connectivity index is 2.00. The summed E-state index contributed by atoms with van der Waals surface area (Å²) in [6, 6.07) is 18.1. The number of aromatic nitrogens is 3. The van der Waals surface area contributed by atoms with Crippen molar-refractivity contribution in [1.82, 2.24) is 19.7 Å². The van der Waals surface area contributed by atoms with E-state index >= 15 is 0 Å². The molecule has 0 N–H and O–H groups in total. The van der Waals surface area contributed by atoms with Crippen LogP contribution in [-0.2, 0) is 4.79 Å². The molecule has 0 saturated heterocycles. The minimum Gasteiger partial charge on any atom is -0.342 e. The summed E-state index contributed by atoms with van der Waals surface area (Å²) in [5, 5.41) is 9.00. The Kier molecular flexibility index (Phi) is 6.52. The monoisotopic (exact) mass is 394 g/mol. The van der Waals surface area contributed by atoms with Crippen molar-refractivity contribution in [2.75, 3.05) is 13.1 Å². The summed E-state index contributed by atoms with van der Waals surface area (Å²) in [5.74, 6) is 0.894. The Morgan fingerprint density at radius 2 is 1.64 bits per heavy atom. The lowest BCUT2D eigenvalue weighted by Gasteiger charge is -2.25. The number of rotatable bonds is 7. The van der Waals surface area contributed by atoms with Crippen LogP contribution < -0.4 is 0 Å². The van der Waals surface area contributed by atoms with Crippen LogP contribution in [0.3, 0.4) is 0 Å². The van der Waals surface area contributed by atoms with Gasteiger partial charge in [-0.3, -0.25) is 9.36 Å². The van der Waals surface area contributed by atoms with Gasteiger partial charge < -0.3 is 4.90 Å². The van der Waals surface area contributed by atoms with E-state index in [0.717, 1.165) is 22.2 Å². The van der Waals surface area contributed by atoms with Crippen molar-refractivity contribution in [2.24, 2.45) is 0 Å². The smallest absolute Gasteiger partial charge is 0.240 e. The number of thioether (sulfide) groups is 1. The molecule has 6 heteroatoms. The van der Waals surface area contributed by atoms with Crippen LogP contribution in [0.15, 0.2) is 59.8 Å². The number of carbonyl (C=O) groups excluding carboxylic acids is 1. The molecule has 0 saturated carbocycles. The molecule has 5 nitrogen and oxygen atoms in total. The van der Waals surface area contributed by atoms with E-state index in [4.69, 9.17) is 0 Å². The van der Waals surface area contributed by atoms with E-state index in [1.54, 1.807) is 0 Å². The predicted molar refractivity (Wildman–Crippen MR) is 114 cm³/mol. The van der Waals surface area contributed by atoms with E-state index in [-0.39, 0.29) is 11.2 Å². The molecule has 0 aliphatic carbocycles. The summed E-state index contributed by atoms with van der Waals surface area (Å²) in [6.45, 7) is 9.37. The van der Waals surface area contributed by atoms with Gasteiger partial charge in [0, 0.05) is 18.8 Å². The van der Waals surface area contributed by atoms with E-state index in [2.05, 4.69) is 41.4 Å². The van der Waals surface area contributed by atoms with Gasteiger partial charge in [0.2, 0.25) is 5.91 Å². The molecule has 1 amide bonds. The molecule has 1 atom stereocenters. The van der Waals surface area contributed by atoms with Gasteiger partial charge in [-0.25, -0.2) is 0 Å². The molecule has 0 fully saturated rings. The first kappa shape index (κ1) is 20.1. The Morgan fingerprint density at radius 3 is 2.25 bits per heavy atom. The Hall–Kier alpha value is -2.60. The van der Waals surface area contributed by atoms with Gasteiger partial charge in [-0.15, -0.1) is 10.2 Å². The quantitative estimate of drug-likeness (QED) is 0.550. The molecular weight excluding hydrogens is 368 g/mol. The molecule has 3 aromatic rings. The van der Waals surface area contributed by atoms with Crippen LogP contribution in [0.1, 0.15) is 36.0 Å². The van der Waals surface area contributed by atoms with Gasteiger partial charge >= 0.3 is 0 Å². The van der Waals surface area contributed by atoms with Crippen molar-refractivity contribution < 1.29 is 4.79 Å². The van der Waals surface area contributed by atoms with Crippen molar-refractivity contribution in [3.63, 3.8) is 0 Å². The Morgan fingerprint density at radius 1 is 1.00 bits per heavy atom. The lowest BCUT2D eigenvalue weighted by Crippen LogP contribution is -2.34. The number of aryl methyl sites for hydroxylation is 2. The number of benzene rings is 2. The highest BCUT2D eigenvalue weighted by Crippen LogP contribution is 2.37. The third kappa shape index (κ3) is 4.28. The van der Waals surface area contributed by atoms with Crippen molar-refractivity contribution in [3.8, 4) is 5.69 Å². The fraction of sp³-hybridized carbons (Fsp3) is 0.318. The molecule has 0 aliphatic heterocycles. The van der Waals surface area contributed by atoms with Gasteiger partial charge in [0.15, 0.2) is 5.16 Å². The maximum Gasteiger partial charge on any atom is 0.240 e. The number of carbonyl (C=O) groups is 1. The molecule has 146 valence electrons. The van der Waals surface area contributed by atoms with Crippen LogP contribution in [0.25, 0.3) is 5.69 Å². The number of nitrogens with zero attached hydrogens (tertiary/aromatic N) is 4. The first-order valence-electron chi connectivity index (χ1n) is 9.54. The Bertz CT molecular complexity index is 917. The van der Waals surface area contributed by atoms with Crippen LogP contribution in [0.2, 0.25) is 0 Å². The fourth-order valence-electron chi connectivity index (χ4n) is 3.11. The van der Waals surface area contributed by atoms with Crippen LogP contribution in [0.4, 0.5) is 0 Å². The zero-order chi connectivity index (χ0) is 20.1. The summed E-state index contributed by atoms with van der Waals surface area (Å²) < 4.78 is 2.01. The highest BCUT2D eigenvalue weighted by Gasteiger charge is 2.28. The summed E-state index contributed by atoms with van der Waals surface area (Å²) in [5.41, 5.74) is 3.17. The maximum atomic E-state index is 13.3. The highest BCUT2D eigenvalue weighted by molar-refractivity contribution is 8.00. The minimum absolute atomic E-state index is 0.0947. The van der Waals surface area contributed by atoms with E-state index in [0.29, 0.717) is 13.1 Å².